The first-order chi connectivity index (χ1) is 13.1. The molecule has 0 aliphatic carbocycles. The van der Waals surface area contributed by atoms with Crippen molar-refractivity contribution in [1.82, 2.24) is 16.0 Å². The maximum Gasteiger partial charge on any atom is 0.321 e. The second-order valence-corrected chi connectivity index (χ2v) is 6.58. The van der Waals surface area contributed by atoms with Gasteiger partial charge in [-0.1, -0.05) is 60.7 Å². The van der Waals surface area contributed by atoms with Crippen LogP contribution in [0.25, 0.3) is 0 Å². The molecule has 0 radical (unpaired) electrons. The summed E-state index contributed by atoms with van der Waals surface area (Å²) in [5.41, 5.74) is 2.45. The molecule has 5 nitrogen and oxygen atoms in total. The van der Waals surface area contributed by atoms with Crippen LogP contribution < -0.4 is 16.0 Å². The number of hydrogen-bond acceptors (Lipinski definition) is 3. The van der Waals surface area contributed by atoms with E-state index in [1.54, 1.807) is 6.92 Å². The van der Waals surface area contributed by atoms with Gasteiger partial charge in [-0.3, -0.25) is 15.4 Å². The predicted molar refractivity (Wildman–Crippen MR) is 108 cm³/mol. The fraction of sp³-hybridized carbons (Fsp3) is 0.364. The van der Waals surface area contributed by atoms with Crippen LogP contribution in [-0.2, 0) is 11.2 Å². The molecular weight excluding hydrogens is 338 g/mol. The summed E-state index contributed by atoms with van der Waals surface area (Å²) in [5.74, 6) is -0.329. The Kier molecular flexibility index (Phi) is 8.52. The van der Waals surface area contributed by atoms with E-state index in [0.717, 1.165) is 24.8 Å². The number of nitrogens with one attached hydrogen (secondary N) is 3. The molecule has 0 spiro atoms. The lowest BCUT2D eigenvalue weighted by molar-refractivity contribution is -0.121. The Morgan fingerprint density at radius 1 is 0.963 bits per heavy atom. The summed E-state index contributed by atoms with van der Waals surface area (Å²) in [6, 6.07) is 19.6. The summed E-state index contributed by atoms with van der Waals surface area (Å²) in [6.07, 6.45) is 2.89. The lowest BCUT2D eigenvalue weighted by Gasteiger charge is -2.23. The molecular formula is C22H29N3O2. The summed E-state index contributed by atoms with van der Waals surface area (Å²) in [6.45, 7) is 4.07. The lowest BCUT2D eigenvalue weighted by Crippen LogP contribution is -2.48. The van der Waals surface area contributed by atoms with E-state index >= 15 is 0 Å². The number of carbonyl (C=O) groups is 2. The van der Waals surface area contributed by atoms with Crippen molar-refractivity contribution in [3.8, 4) is 0 Å². The highest BCUT2D eigenvalue weighted by atomic mass is 16.2. The van der Waals surface area contributed by atoms with Gasteiger partial charge in [0.05, 0.1) is 6.04 Å². The van der Waals surface area contributed by atoms with Crippen LogP contribution in [-0.4, -0.2) is 24.5 Å². The number of aryl methyl sites for hydroxylation is 1. The molecule has 0 bridgehead atoms. The number of amides is 3. The Bertz CT molecular complexity index is 704. The Hall–Kier alpha value is -2.66. The van der Waals surface area contributed by atoms with Crippen molar-refractivity contribution in [2.75, 3.05) is 6.54 Å². The van der Waals surface area contributed by atoms with E-state index < -0.39 is 12.1 Å². The Labute approximate surface area is 161 Å². The second kappa shape index (κ2) is 11.1. The van der Waals surface area contributed by atoms with Crippen molar-refractivity contribution in [3.05, 3.63) is 71.8 Å². The Balaban J connectivity index is 1.95. The SMILES string of the molecule is CCNC(=O)NC(=O)C(C)NC(CCCc1ccccc1)c1ccccc1. The molecule has 3 amide bonds. The largest absolute Gasteiger partial charge is 0.338 e. The van der Waals surface area contributed by atoms with Gasteiger partial charge in [-0.05, 0) is 44.2 Å². The van der Waals surface area contributed by atoms with Gasteiger partial charge in [0.15, 0.2) is 0 Å². The fourth-order valence-electron chi connectivity index (χ4n) is 2.99. The zero-order valence-corrected chi connectivity index (χ0v) is 16.1. The third-order valence-electron chi connectivity index (χ3n) is 4.42. The number of benzene rings is 2. The van der Waals surface area contributed by atoms with Crippen molar-refractivity contribution in [2.24, 2.45) is 0 Å². The molecule has 0 saturated carbocycles. The van der Waals surface area contributed by atoms with Gasteiger partial charge >= 0.3 is 6.03 Å². The summed E-state index contributed by atoms with van der Waals surface area (Å²) >= 11 is 0. The number of rotatable bonds is 9. The molecule has 2 aromatic rings. The van der Waals surface area contributed by atoms with Crippen LogP contribution in [0.1, 0.15) is 43.9 Å². The zero-order valence-electron chi connectivity index (χ0n) is 16.1. The quantitative estimate of drug-likeness (QED) is 0.634. The molecule has 3 N–H and O–H groups in total. The van der Waals surface area contributed by atoms with Crippen LogP contribution in [0.2, 0.25) is 0 Å². The van der Waals surface area contributed by atoms with Crippen LogP contribution >= 0.6 is 0 Å². The minimum absolute atomic E-state index is 0.0462. The van der Waals surface area contributed by atoms with Gasteiger partial charge in [-0.2, -0.15) is 0 Å². The normalized spacial score (nSPS) is 12.8. The van der Waals surface area contributed by atoms with Crippen LogP contribution in [0.3, 0.4) is 0 Å². The summed E-state index contributed by atoms with van der Waals surface area (Å²) in [7, 11) is 0. The van der Waals surface area contributed by atoms with Gasteiger partial charge in [0.25, 0.3) is 0 Å². The fourth-order valence-corrected chi connectivity index (χ4v) is 2.99. The minimum Gasteiger partial charge on any atom is -0.338 e. The molecule has 0 aromatic heterocycles. The van der Waals surface area contributed by atoms with Crippen LogP contribution in [0.4, 0.5) is 4.79 Å². The molecule has 2 unspecified atom stereocenters. The lowest BCUT2D eigenvalue weighted by atomic mass is 9.98. The van der Waals surface area contributed by atoms with Crippen molar-refractivity contribution < 1.29 is 9.59 Å². The van der Waals surface area contributed by atoms with Crippen molar-refractivity contribution in [3.63, 3.8) is 0 Å². The Morgan fingerprint density at radius 2 is 1.59 bits per heavy atom. The molecule has 0 fully saturated rings. The molecule has 0 aliphatic heterocycles. The highest BCUT2D eigenvalue weighted by Gasteiger charge is 2.20. The van der Waals surface area contributed by atoms with E-state index in [1.165, 1.54) is 5.56 Å². The smallest absolute Gasteiger partial charge is 0.321 e. The first kappa shape index (κ1) is 20.6. The number of imide groups is 1. The van der Waals surface area contributed by atoms with E-state index in [1.807, 2.05) is 31.2 Å². The van der Waals surface area contributed by atoms with Crippen molar-refractivity contribution in [2.45, 2.75) is 45.2 Å². The number of carbonyl (C=O) groups excluding carboxylic acids is 2. The van der Waals surface area contributed by atoms with Gasteiger partial charge < -0.3 is 5.32 Å². The molecule has 5 heteroatoms. The van der Waals surface area contributed by atoms with E-state index in [-0.39, 0.29) is 11.9 Å². The van der Waals surface area contributed by atoms with E-state index in [4.69, 9.17) is 0 Å². The van der Waals surface area contributed by atoms with Gasteiger partial charge in [0, 0.05) is 12.6 Å². The average Bonchev–Trinajstić information content (AvgIpc) is 2.68. The maximum absolute atomic E-state index is 12.3. The first-order valence-corrected chi connectivity index (χ1v) is 9.53. The molecule has 2 aromatic carbocycles. The monoisotopic (exact) mass is 367 g/mol. The molecule has 2 atom stereocenters. The van der Waals surface area contributed by atoms with Gasteiger partial charge in [0.2, 0.25) is 5.91 Å². The Morgan fingerprint density at radius 3 is 2.22 bits per heavy atom. The predicted octanol–water partition coefficient (Wildman–Crippen LogP) is 3.57. The third-order valence-corrected chi connectivity index (χ3v) is 4.42. The van der Waals surface area contributed by atoms with Gasteiger partial charge in [-0.25, -0.2) is 4.79 Å². The molecule has 144 valence electrons. The molecule has 0 aliphatic rings. The van der Waals surface area contributed by atoms with E-state index in [9.17, 15) is 9.59 Å². The third kappa shape index (κ3) is 7.23. The highest BCUT2D eigenvalue weighted by Crippen LogP contribution is 2.20. The topological polar surface area (TPSA) is 70.2 Å². The zero-order chi connectivity index (χ0) is 19.5. The van der Waals surface area contributed by atoms with Crippen LogP contribution in [0.5, 0.6) is 0 Å². The van der Waals surface area contributed by atoms with Crippen LogP contribution in [0, 0.1) is 0 Å². The minimum atomic E-state index is -0.477. The van der Waals surface area contributed by atoms with Crippen molar-refractivity contribution in [1.29, 1.82) is 0 Å². The molecule has 0 saturated heterocycles. The summed E-state index contributed by atoms with van der Waals surface area (Å²) in [4.78, 5) is 23.8. The van der Waals surface area contributed by atoms with Crippen LogP contribution in [0.15, 0.2) is 60.7 Å². The van der Waals surface area contributed by atoms with Gasteiger partial charge in [-0.15, -0.1) is 0 Å². The molecule has 0 heterocycles. The standard InChI is InChI=1S/C22H29N3O2/c1-3-23-22(27)25-21(26)17(2)24-20(19-14-8-5-9-15-19)16-10-13-18-11-6-4-7-12-18/h4-9,11-12,14-15,17,20,24H,3,10,13,16H2,1-2H3,(H2,23,25,26,27). The number of hydrogen-bond donors (Lipinski definition) is 3. The van der Waals surface area contributed by atoms with Gasteiger partial charge in [0.1, 0.15) is 0 Å². The number of urea groups is 1. The average molecular weight is 367 g/mol. The summed E-state index contributed by atoms with van der Waals surface area (Å²) in [5, 5.41) is 8.31. The summed E-state index contributed by atoms with van der Waals surface area (Å²) < 4.78 is 0. The first-order valence-electron chi connectivity index (χ1n) is 9.53. The molecule has 27 heavy (non-hydrogen) atoms. The second-order valence-electron chi connectivity index (χ2n) is 6.58. The van der Waals surface area contributed by atoms with E-state index in [0.29, 0.717) is 6.54 Å². The van der Waals surface area contributed by atoms with E-state index in [2.05, 4.69) is 52.3 Å². The maximum atomic E-state index is 12.3. The highest BCUT2D eigenvalue weighted by molar-refractivity contribution is 5.96. The van der Waals surface area contributed by atoms with Crippen molar-refractivity contribution >= 4 is 11.9 Å². The molecule has 2 rings (SSSR count).